The van der Waals surface area contributed by atoms with E-state index >= 15 is 0 Å². The number of nitrogens with one attached hydrogen (secondary N) is 2. The summed E-state index contributed by atoms with van der Waals surface area (Å²) < 4.78 is 10.6. The number of amides is 2. The van der Waals surface area contributed by atoms with E-state index in [2.05, 4.69) is 15.6 Å². The third-order valence-corrected chi connectivity index (χ3v) is 3.44. The van der Waals surface area contributed by atoms with Crippen LogP contribution in [-0.2, 0) is 4.79 Å². The van der Waals surface area contributed by atoms with E-state index in [1.54, 1.807) is 30.5 Å². The number of nitrogens with zero attached hydrogens (tertiary/aromatic N) is 1. The van der Waals surface area contributed by atoms with Crippen LogP contribution >= 0.6 is 0 Å². The number of hydrogen-bond acceptors (Lipinski definition) is 5. The van der Waals surface area contributed by atoms with E-state index in [4.69, 9.17) is 9.47 Å². The predicted octanol–water partition coefficient (Wildman–Crippen LogP) is 3.09. The second-order valence-electron chi connectivity index (χ2n) is 5.25. The Morgan fingerprint density at radius 3 is 2.24 bits per heavy atom. The van der Waals surface area contributed by atoms with Crippen molar-refractivity contribution in [3.63, 3.8) is 0 Å². The Balaban J connectivity index is 2.29. The van der Waals surface area contributed by atoms with Crippen molar-refractivity contribution >= 4 is 23.2 Å². The SMILES string of the molecule is CCCC(=O)Nc1cc(OC)c(NC(=O)c2cccnc2)cc1OC. The van der Waals surface area contributed by atoms with Gasteiger partial charge in [0, 0.05) is 30.9 Å². The van der Waals surface area contributed by atoms with Crippen molar-refractivity contribution in [1.29, 1.82) is 0 Å². The van der Waals surface area contributed by atoms with Gasteiger partial charge in [-0.25, -0.2) is 0 Å². The van der Waals surface area contributed by atoms with Crippen LogP contribution in [0.2, 0.25) is 0 Å². The van der Waals surface area contributed by atoms with Crippen LogP contribution in [0.25, 0.3) is 0 Å². The monoisotopic (exact) mass is 343 g/mol. The molecular formula is C18H21N3O4. The van der Waals surface area contributed by atoms with Crippen LogP contribution in [0.4, 0.5) is 11.4 Å². The van der Waals surface area contributed by atoms with E-state index in [-0.39, 0.29) is 11.8 Å². The van der Waals surface area contributed by atoms with Gasteiger partial charge in [0.05, 0.1) is 31.2 Å². The third-order valence-electron chi connectivity index (χ3n) is 3.44. The number of rotatable bonds is 7. The van der Waals surface area contributed by atoms with Gasteiger partial charge in [-0.05, 0) is 18.6 Å². The van der Waals surface area contributed by atoms with Gasteiger partial charge in [0.15, 0.2) is 0 Å². The first-order valence-electron chi connectivity index (χ1n) is 7.86. The van der Waals surface area contributed by atoms with Crippen molar-refractivity contribution in [2.24, 2.45) is 0 Å². The molecule has 0 aliphatic rings. The molecule has 0 aliphatic heterocycles. The standard InChI is InChI=1S/C18H21N3O4/c1-4-6-17(22)20-13-9-16(25-3)14(10-15(13)24-2)21-18(23)12-7-5-8-19-11-12/h5,7-11H,4,6H2,1-3H3,(H,20,22)(H,21,23). The Hall–Kier alpha value is -3.09. The van der Waals surface area contributed by atoms with Gasteiger partial charge in [-0.3, -0.25) is 14.6 Å². The molecule has 132 valence electrons. The van der Waals surface area contributed by atoms with Crippen LogP contribution in [-0.4, -0.2) is 31.0 Å². The molecule has 1 aromatic heterocycles. The number of hydrogen-bond donors (Lipinski definition) is 2. The van der Waals surface area contributed by atoms with Crippen LogP contribution in [0.3, 0.4) is 0 Å². The van der Waals surface area contributed by atoms with Crippen LogP contribution < -0.4 is 20.1 Å². The lowest BCUT2D eigenvalue weighted by molar-refractivity contribution is -0.116. The van der Waals surface area contributed by atoms with Crippen molar-refractivity contribution in [2.45, 2.75) is 19.8 Å². The molecule has 0 saturated carbocycles. The summed E-state index contributed by atoms with van der Waals surface area (Å²) in [5, 5.41) is 5.54. The zero-order valence-corrected chi connectivity index (χ0v) is 14.5. The molecule has 7 heteroatoms. The van der Waals surface area contributed by atoms with Gasteiger partial charge in [-0.15, -0.1) is 0 Å². The Labute approximate surface area is 146 Å². The van der Waals surface area contributed by atoms with E-state index < -0.39 is 0 Å². The zero-order valence-electron chi connectivity index (χ0n) is 14.5. The Bertz CT molecular complexity index is 747. The zero-order chi connectivity index (χ0) is 18.2. The summed E-state index contributed by atoms with van der Waals surface area (Å²) in [5.74, 6) is 0.391. The highest BCUT2D eigenvalue weighted by Crippen LogP contribution is 2.36. The van der Waals surface area contributed by atoms with Gasteiger partial charge >= 0.3 is 0 Å². The number of benzene rings is 1. The first-order chi connectivity index (χ1) is 12.1. The number of methoxy groups -OCH3 is 2. The van der Waals surface area contributed by atoms with E-state index in [0.717, 1.165) is 6.42 Å². The normalized spacial score (nSPS) is 10.0. The van der Waals surface area contributed by atoms with Gasteiger partial charge in [0.2, 0.25) is 5.91 Å². The lowest BCUT2D eigenvalue weighted by atomic mass is 10.2. The molecule has 2 rings (SSSR count). The summed E-state index contributed by atoms with van der Waals surface area (Å²) in [6, 6.07) is 6.56. The fourth-order valence-corrected chi connectivity index (χ4v) is 2.22. The minimum absolute atomic E-state index is 0.116. The van der Waals surface area contributed by atoms with Gasteiger partial charge in [0.1, 0.15) is 11.5 Å². The first-order valence-corrected chi connectivity index (χ1v) is 7.86. The molecule has 25 heavy (non-hydrogen) atoms. The lowest BCUT2D eigenvalue weighted by Crippen LogP contribution is -2.14. The van der Waals surface area contributed by atoms with E-state index in [0.29, 0.717) is 34.9 Å². The van der Waals surface area contributed by atoms with Crippen molar-refractivity contribution in [2.75, 3.05) is 24.9 Å². The number of anilines is 2. The minimum atomic E-state index is -0.323. The highest BCUT2D eigenvalue weighted by atomic mass is 16.5. The van der Waals surface area contributed by atoms with Gasteiger partial charge in [0.25, 0.3) is 5.91 Å². The van der Waals surface area contributed by atoms with Crippen LogP contribution in [0.1, 0.15) is 30.1 Å². The summed E-state index contributed by atoms with van der Waals surface area (Å²) in [4.78, 5) is 28.1. The van der Waals surface area contributed by atoms with Crippen LogP contribution in [0.15, 0.2) is 36.7 Å². The van der Waals surface area contributed by atoms with Crippen molar-refractivity contribution < 1.29 is 19.1 Å². The van der Waals surface area contributed by atoms with Crippen molar-refractivity contribution in [1.82, 2.24) is 4.98 Å². The Morgan fingerprint density at radius 2 is 1.72 bits per heavy atom. The average molecular weight is 343 g/mol. The topological polar surface area (TPSA) is 89.6 Å². The maximum Gasteiger partial charge on any atom is 0.257 e. The molecule has 2 N–H and O–H groups in total. The smallest absolute Gasteiger partial charge is 0.257 e. The van der Waals surface area contributed by atoms with Crippen molar-refractivity contribution in [3.05, 3.63) is 42.2 Å². The Morgan fingerprint density at radius 1 is 1.08 bits per heavy atom. The molecule has 0 bridgehead atoms. The molecular weight excluding hydrogens is 322 g/mol. The molecule has 0 saturated heterocycles. The quantitative estimate of drug-likeness (QED) is 0.806. The van der Waals surface area contributed by atoms with Gasteiger partial charge in [-0.2, -0.15) is 0 Å². The largest absolute Gasteiger partial charge is 0.494 e. The number of ether oxygens (including phenoxy) is 2. The number of aromatic nitrogens is 1. The summed E-state index contributed by atoms with van der Waals surface area (Å²) in [6.45, 7) is 1.93. The molecule has 1 aromatic carbocycles. The maximum absolute atomic E-state index is 12.3. The molecule has 2 aromatic rings. The predicted molar refractivity (Wildman–Crippen MR) is 95.3 cm³/mol. The summed E-state index contributed by atoms with van der Waals surface area (Å²) in [6.07, 6.45) is 4.21. The number of carbonyl (C=O) groups excluding carboxylic acids is 2. The van der Waals surface area contributed by atoms with Crippen molar-refractivity contribution in [3.8, 4) is 11.5 Å². The molecule has 7 nitrogen and oxygen atoms in total. The van der Waals surface area contributed by atoms with Crippen LogP contribution in [0, 0.1) is 0 Å². The van der Waals surface area contributed by atoms with E-state index in [1.807, 2.05) is 6.92 Å². The fraction of sp³-hybridized carbons (Fsp3) is 0.278. The average Bonchev–Trinajstić information content (AvgIpc) is 2.63. The second kappa shape index (κ2) is 8.68. The fourth-order valence-electron chi connectivity index (χ4n) is 2.22. The summed E-state index contributed by atoms with van der Waals surface area (Å²) in [7, 11) is 2.98. The van der Waals surface area contributed by atoms with Gasteiger partial charge in [-0.1, -0.05) is 6.92 Å². The molecule has 0 atom stereocenters. The van der Waals surface area contributed by atoms with Gasteiger partial charge < -0.3 is 20.1 Å². The molecule has 0 aliphatic carbocycles. The van der Waals surface area contributed by atoms with E-state index in [1.165, 1.54) is 20.4 Å². The number of carbonyl (C=O) groups is 2. The highest BCUT2D eigenvalue weighted by Gasteiger charge is 2.16. The third kappa shape index (κ3) is 4.69. The molecule has 0 radical (unpaired) electrons. The van der Waals surface area contributed by atoms with Crippen LogP contribution in [0.5, 0.6) is 11.5 Å². The molecule has 0 unspecified atom stereocenters. The molecule has 0 spiro atoms. The highest BCUT2D eigenvalue weighted by molar-refractivity contribution is 6.05. The summed E-state index contributed by atoms with van der Waals surface area (Å²) in [5.41, 5.74) is 1.34. The van der Waals surface area contributed by atoms with E-state index in [9.17, 15) is 9.59 Å². The lowest BCUT2D eigenvalue weighted by Gasteiger charge is -2.16. The minimum Gasteiger partial charge on any atom is -0.494 e. The summed E-state index contributed by atoms with van der Waals surface area (Å²) >= 11 is 0. The first kappa shape index (κ1) is 18.3. The second-order valence-corrected chi connectivity index (χ2v) is 5.25. The Kier molecular flexibility index (Phi) is 6.33. The molecule has 0 fully saturated rings. The molecule has 1 heterocycles. The maximum atomic E-state index is 12.3. The molecule has 2 amide bonds. The number of pyridine rings is 1.